The van der Waals surface area contributed by atoms with E-state index in [0.29, 0.717) is 25.4 Å². The van der Waals surface area contributed by atoms with Gasteiger partial charge in [0.15, 0.2) is 6.61 Å². The number of nitrogens with zero attached hydrogens (tertiary/aromatic N) is 2. The first-order valence-corrected chi connectivity index (χ1v) is 13.3. The van der Waals surface area contributed by atoms with Crippen LogP contribution in [-0.2, 0) is 14.8 Å². The lowest BCUT2D eigenvalue weighted by Crippen LogP contribution is -2.48. The molecule has 0 unspecified atom stereocenters. The van der Waals surface area contributed by atoms with Crippen molar-refractivity contribution in [3.63, 3.8) is 0 Å². The lowest BCUT2D eigenvalue weighted by atomic mass is 10.1. The molecule has 196 valence electrons. The van der Waals surface area contributed by atoms with Crippen molar-refractivity contribution < 1.29 is 32.6 Å². The normalized spacial score (nSPS) is 14.5. The number of carboxylic acids is 1. The maximum Gasteiger partial charge on any atom is 0.341 e. The van der Waals surface area contributed by atoms with Crippen molar-refractivity contribution in [1.82, 2.24) is 9.62 Å². The van der Waals surface area contributed by atoms with Gasteiger partial charge in [-0.15, -0.1) is 0 Å². The van der Waals surface area contributed by atoms with E-state index in [9.17, 15) is 18.0 Å². The summed E-state index contributed by atoms with van der Waals surface area (Å²) in [6, 6.07) is 11.4. The molecule has 10 nitrogen and oxygen atoms in total. The Bertz CT molecular complexity index is 1160. The summed E-state index contributed by atoms with van der Waals surface area (Å²) in [5.41, 5.74) is 0.967. The third-order valence-corrected chi connectivity index (χ3v) is 7.45. The quantitative estimate of drug-likeness (QED) is 0.464. The van der Waals surface area contributed by atoms with Crippen LogP contribution >= 0.6 is 0 Å². The molecule has 1 aliphatic heterocycles. The number of ether oxygens (including phenoxy) is 2. The number of amides is 1. The Morgan fingerprint density at radius 3 is 2.31 bits per heavy atom. The molecule has 2 aromatic carbocycles. The van der Waals surface area contributed by atoms with Gasteiger partial charge < -0.3 is 24.8 Å². The van der Waals surface area contributed by atoms with Gasteiger partial charge in [-0.25, -0.2) is 13.2 Å². The van der Waals surface area contributed by atoms with Crippen LogP contribution in [0.25, 0.3) is 0 Å². The van der Waals surface area contributed by atoms with Gasteiger partial charge in [-0.1, -0.05) is 6.92 Å². The van der Waals surface area contributed by atoms with Crippen molar-refractivity contribution in [3.8, 4) is 11.5 Å². The molecule has 1 amide bonds. The predicted octanol–water partition coefficient (Wildman–Crippen LogP) is 2.59. The molecule has 0 radical (unpaired) electrons. The number of sulfonamides is 1. The molecule has 1 heterocycles. The first-order valence-electron chi connectivity index (χ1n) is 11.9. The molecular weight excluding hydrogens is 486 g/mol. The van der Waals surface area contributed by atoms with E-state index in [1.54, 1.807) is 42.5 Å². The zero-order valence-electron chi connectivity index (χ0n) is 20.8. The van der Waals surface area contributed by atoms with Crippen LogP contribution in [0.3, 0.4) is 0 Å². The van der Waals surface area contributed by atoms with E-state index in [-0.39, 0.29) is 41.3 Å². The summed E-state index contributed by atoms with van der Waals surface area (Å²) in [5.74, 6) is -0.712. The predicted molar refractivity (Wildman–Crippen MR) is 135 cm³/mol. The van der Waals surface area contributed by atoms with Gasteiger partial charge in [0.2, 0.25) is 10.0 Å². The highest BCUT2D eigenvalue weighted by atomic mass is 32.2. The minimum atomic E-state index is -3.66. The molecule has 1 aliphatic rings. The molecule has 0 aromatic heterocycles. The Balaban J connectivity index is 1.71. The van der Waals surface area contributed by atoms with Gasteiger partial charge in [0.1, 0.15) is 11.5 Å². The topological polar surface area (TPSA) is 125 Å². The van der Waals surface area contributed by atoms with Crippen molar-refractivity contribution in [2.75, 3.05) is 44.2 Å². The van der Waals surface area contributed by atoms with E-state index < -0.39 is 22.6 Å². The molecule has 0 saturated carbocycles. The SMILES string of the molecule is CCCNC(=O)c1ccc(N2CCN(S(=O)(=O)c3ccc(OC(C)C)cc3)CC2)cc1OCC(=O)O. The number of carboxylic acid groups (broad SMARTS) is 1. The first-order chi connectivity index (χ1) is 17.1. The monoisotopic (exact) mass is 519 g/mol. The highest BCUT2D eigenvalue weighted by Crippen LogP contribution is 2.28. The Kier molecular flexibility index (Phi) is 9.16. The van der Waals surface area contributed by atoms with Crippen molar-refractivity contribution in [1.29, 1.82) is 0 Å². The lowest BCUT2D eigenvalue weighted by molar-refractivity contribution is -0.139. The zero-order chi connectivity index (χ0) is 26.3. The number of aliphatic carboxylic acids is 1. The second kappa shape index (κ2) is 12.1. The molecule has 1 fully saturated rings. The van der Waals surface area contributed by atoms with Crippen LogP contribution in [0.15, 0.2) is 47.4 Å². The summed E-state index contributed by atoms with van der Waals surface area (Å²) < 4.78 is 38.7. The number of anilines is 1. The Morgan fingerprint density at radius 1 is 1.06 bits per heavy atom. The van der Waals surface area contributed by atoms with Gasteiger partial charge in [-0.2, -0.15) is 4.31 Å². The number of carbonyl (C=O) groups is 2. The third kappa shape index (κ3) is 6.88. The fourth-order valence-corrected chi connectivity index (χ4v) is 5.21. The summed E-state index contributed by atoms with van der Waals surface area (Å²) in [6.07, 6.45) is 0.758. The molecule has 2 aromatic rings. The van der Waals surface area contributed by atoms with Gasteiger partial charge in [-0.3, -0.25) is 4.79 Å². The van der Waals surface area contributed by atoms with Gasteiger partial charge in [0.05, 0.1) is 16.6 Å². The van der Waals surface area contributed by atoms with Crippen molar-refractivity contribution in [3.05, 3.63) is 48.0 Å². The largest absolute Gasteiger partial charge is 0.491 e. The van der Waals surface area contributed by atoms with E-state index in [1.807, 2.05) is 25.7 Å². The number of carbonyl (C=O) groups excluding carboxylic acids is 1. The highest BCUT2D eigenvalue weighted by molar-refractivity contribution is 7.89. The molecule has 2 N–H and O–H groups in total. The summed E-state index contributed by atoms with van der Waals surface area (Å²) in [7, 11) is -3.66. The minimum Gasteiger partial charge on any atom is -0.491 e. The number of piperazine rings is 1. The Morgan fingerprint density at radius 2 is 1.72 bits per heavy atom. The second-order valence-electron chi connectivity index (χ2n) is 8.65. The van der Waals surface area contributed by atoms with E-state index >= 15 is 0 Å². The molecular formula is C25H33N3O7S. The average Bonchev–Trinajstić information content (AvgIpc) is 2.86. The lowest BCUT2D eigenvalue weighted by Gasteiger charge is -2.35. The molecule has 0 aliphatic carbocycles. The van der Waals surface area contributed by atoms with Gasteiger partial charge in [0, 0.05) is 44.5 Å². The molecule has 1 saturated heterocycles. The van der Waals surface area contributed by atoms with Crippen LogP contribution < -0.4 is 19.7 Å². The van der Waals surface area contributed by atoms with Crippen LogP contribution in [0, 0.1) is 0 Å². The Hall–Kier alpha value is -3.31. The maximum absolute atomic E-state index is 13.1. The van der Waals surface area contributed by atoms with Crippen LogP contribution in [0.2, 0.25) is 0 Å². The van der Waals surface area contributed by atoms with E-state index in [4.69, 9.17) is 14.6 Å². The molecule has 3 rings (SSSR count). The number of hydrogen-bond acceptors (Lipinski definition) is 7. The van der Waals surface area contributed by atoms with Gasteiger partial charge in [-0.05, 0) is 56.7 Å². The molecule has 0 bridgehead atoms. The maximum atomic E-state index is 13.1. The van der Waals surface area contributed by atoms with Crippen molar-refractivity contribution in [2.45, 2.75) is 38.2 Å². The number of hydrogen-bond donors (Lipinski definition) is 2. The summed E-state index contributed by atoms with van der Waals surface area (Å²) in [4.78, 5) is 25.7. The second-order valence-corrected chi connectivity index (χ2v) is 10.6. The molecule has 11 heteroatoms. The standard InChI is InChI=1S/C25H33N3O7S/c1-4-11-26-25(31)22-10-5-19(16-23(22)34-17-24(29)30)27-12-14-28(15-13-27)36(32,33)21-8-6-20(7-9-21)35-18(2)3/h5-10,16,18H,4,11-15,17H2,1-3H3,(H,26,31)(H,29,30). The zero-order valence-corrected chi connectivity index (χ0v) is 21.6. The van der Waals surface area contributed by atoms with E-state index in [2.05, 4.69) is 5.32 Å². The van der Waals surface area contributed by atoms with Gasteiger partial charge >= 0.3 is 5.97 Å². The number of benzene rings is 2. The van der Waals surface area contributed by atoms with Crippen molar-refractivity contribution in [2.24, 2.45) is 0 Å². The number of nitrogens with one attached hydrogen (secondary N) is 1. The molecule has 0 atom stereocenters. The van der Waals surface area contributed by atoms with E-state index in [0.717, 1.165) is 12.1 Å². The van der Waals surface area contributed by atoms with Crippen LogP contribution in [0.5, 0.6) is 11.5 Å². The van der Waals surface area contributed by atoms with Crippen LogP contribution in [0.4, 0.5) is 5.69 Å². The fraction of sp³-hybridized carbons (Fsp3) is 0.440. The van der Waals surface area contributed by atoms with Crippen LogP contribution in [0.1, 0.15) is 37.6 Å². The van der Waals surface area contributed by atoms with E-state index in [1.165, 1.54) is 4.31 Å². The van der Waals surface area contributed by atoms with Crippen molar-refractivity contribution >= 4 is 27.6 Å². The summed E-state index contributed by atoms with van der Waals surface area (Å²) in [6.45, 7) is 7.04. The van der Waals surface area contributed by atoms with Crippen LogP contribution in [-0.4, -0.2) is 75.1 Å². The molecule has 36 heavy (non-hydrogen) atoms. The molecule has 0 spiro atoms. The first kappa shape index (κ1) is 27.3. The fourth-order valence-electron chi connectivity index (χ4n) is 3.79. The van der Waals surface area contributed by atoms with Gasteiger partial charge in [0.25, 0.3) is 5.91 Å². The highest BCUT2D eigenvalue weighted by Gasteiger charge is 2.29. The summed E-state index contributed by atoms with van der Waals surface area (Å²) in [5, 5.41) is 11.8. The third-order valence-electron chi connectivity index (χ3n) is 5.53. The minimum absolute atomic E-state index is 0.00429. The summed E-state index contributed by atoms with van der Waals surface area (Å²) >= 11 is 0. The smallest absolute Gasteiger partial charge is 0.341 e. The Labute approximate surface area is 211 Å². The average molecular weight is 520 g/mol. The number of rotatable bonds is 11.